The number of anilines is 1. The Bertz CT molecular complexity index is 1050. The van der Waals surface area contributed by atoms with Gasteiger partial charge >= 0.3 is 0 Å². The number of thiazole rings is 1. The van der Waals surface area contributed by atoms with Gasteiger partial charge in [0, 0.05) is 35.6 Å². The number of hydrogen-bond acceptors (Lipinski definition) is 3. The maximum Gasteiger partial charge on any atom is 0.227 e. The number of nitrogens with one attached hydrogen (secondary N) is 1. The molecule has 0 fully saturated rings. The minimum Gasteiger partial charge on any atom is -0.347 e. The first-order valence-corrected chi connectivity index (χ1v) is 9.43. The molecule has 0 spiro atoms. The second-order valence-electron chi connectivity index (χ2n) is 6.27. The second kappa shape index (κ2) is 7.14. The largest absolute Gasteiger partial charge is 0.347 e. The number of aryl methyl sites for hydroxylation is 2. The van der Waals surface area contributed by atoms with Crippen molar-refractivity contribution in [1.29, 1.82) is 0 Å². The molecular weight excluding hydrogens is 342 g/mol. The summed E-state index contributed by atoms with van der Waals surface area (Å²) in [6, 6.07) is 18.5. The molecule has 0 radical (unpaired) electrons. The molecule has 0 aliphatic heterocycles. The second-order valence-corrected chi connectivity index (χ2v) is 7.13. The molecule has 0 aliphatic carbocycles. The first-order valence-electron chi connectivity index (χ1n) is 8.55. The Morgan fingerprint density at radius 1 is 1.12 bits per heavy atom. The molecule has 1 N–H and O–H groups in total. The van der Waals surface area contributed by atoms with E-state index in [9.17, 15) is 4.79 Å². The third-order valence-corrected chi connectivity index (χ3v) is 5.12. The summed E-state index contributed by atoms with van der Waals surface area (Å²) >= 11 is 1.45. The van der Waals surface area contributed by atoms with E-state index in [4.69, 9.17) is 0 Å². The molecule has 2 aromatic heterocycles. The Hall–Kier alpha value is -2.92. The van der Waals surface area contributed by atoms with Crippen molar-refractivity contribution in [2.24, 2.45) is 0 Å². The summed E-state index contributed by atoms with van der Waals surface area (Å²) in [4.78, 5) is 16.8. The van der Waals surface area contributed by atoms with Crippen molar-refractivity contribution in [3.05, 3.63) is 71.7 Å². The zero-order valence-corrected chi connectivity index (χ0v) is 15.3. The molecule has 0 saturated carbocycles. The molecule has 0 unspecified atom stereocenters. The molecule has 0 bridgehead atoms. The lowest BCUT2D eigenvalue weighted by atomic mass is 10.1. The summed E-state index contributed by atoms with van der Waals surface area (Å²) in [6.07, 6.45) is 2.44. The van der Waals surface area contributed by atoms with Crippen LogP contribution >= 0.6 is 11.3 Å². The van der Waals surface area contributed by atoms with Gasteiger partial charge in [-0.05, 0) is 24.4 Å². The quantitative estimate of drug-likeness (QED) is 0.537. The SMILES string of the molecule is Cc1ccc(-c2csc(NC(=O)CCn3ccc4ccccc43)n2)cc1. The highest BCUT2D eigenvalue weighted by atomic mass is 32.1. The van der Waals surface area contributed by atoms with Gasteiger partial charge in [-0.15, -0.1) is 11.3 Å². The smallest absolute Gasteiger partial charge is 0.227 e. The lowest BCUT2D eigenvalue weighted by Crippen LogP contribution is -2.14. The van der Waals surface area contributed by atoms with Crippen LogP contribution in [0.25, 0.3) is 22.2 Å². The topological polar surface area (TPSA) is 46.9 Å². The van der Waals surface area contributed by atoms with Gasteiger partial charge in [0.05, 0.1) is 5.69 Å². The van der Waals surface area contributed by atoms with E-state index >= 15 is 0 Å². The highest BCUT2D eigenvalue weighted by molar-refractivity contribution is 7.14. The fourth-order valence-electron chi connectivity index (χ4n) is 2.93. The predicted molar refractivity (Wildman–Crippen MR) is 107 cm³/mol. The molecule has 0 saturated heterocycles. The summed E-state index contributed by atoms with van der Waals surface area (Å²) < 4.78 is 2.11. The van der Waals surface area contributed by atoms with Crippen molar-refractivity contribution < 1.29 is 4.79 Å². The van der Waals surface area contributed by atoms with Gasteiger partial charge < -0.3 is 9.88 Å². The summed E-state index contributed by atoms with van der Waals surface area (Å²) in [5, 5.41) is 6.71. The highest BCUT2D eigenvalue weighted by Gasteiger charge is 2.09. The number of carbonyl (C=O) groups excluding carboxylic acids is 1. The molecule has 4 aromatic rings. The average Bonchev–Trinajstić information content (AvgIpc) is 3.28. The van der Waals surface area contributed by atoms with Gasteiger partial charge in [-0.3, -0.25) is 4.79 Å². The molecule has 2 heterocycles. The standard InChI is InChI=1S/C21H19N3OS/c1-15-6-8-16(9-7-15)18-14-26-21(22-18)23-20(25)11-13-24-12-10-17-4-2-3-5-19(17)24/h2-10,12,14H,11,13H2,1H3,(H,22,23,25). The van der Waals surface area contributed by atoms with Crippen LogP contribution in [0.2, 0.25) is 0 Å². The number of fused-ring (bicyclic) bond motifs is 1. The van der Waals surface area contributed by atoms with Crippen molar-refractivity contribution in [3.63, 3.8) is 0 Å². The van der Waals surface area contributed by atoms with Crippen LogP contribution in [0, 0.1) is 6.92 Å². The number of carbonyl (C=O) groups is 1. The number of benzene rings is 2. The Balaban J connectivity index is 1.38. The van der Waals surface area contributed by atoms with Crippen LogP contribution in [0.3, 0.4) is 0 Å². The molecule has 130 valence electrons. The summed E-state index contributed by atoms with van der Waals surface area (Å²) in [5.41, 5.74) is 4.32. The van der Waals surface area contributed by atoms with Crippen molar-refractivity contribution in [2.75, 3.05) is 5.32 Å². The van der Waals surface area contributed by atoms with Gasteiger partial charge in [-0.25, -0.2) is 4.98 Å². The van der Waals surface area contributed by atoms with E-state index in [0.717, 1.165) is 16.8 Å². The first-order chi connectivity index (χ1) is 12.7. The lowest BCUT2D eigenvalue weighted by Gasteiger charge is -2.05. The van der Waals surface area contributed by atoms with Gasteiger partial charge in [0.2, 0.25) is 5.91 Å². The average molecular weight is 361 g/mol. The maximum atomic E-state index is 12.3. The number of aromatic nitrogens is 2. The maximum absolute atomic E-state index is 12.3. The van der Waals surface area contributed by atoms with Crippen molar-refractivity contribution >= 4 is 33.3 Å². The lowest BCUT2D eigenvalue weighted by molar-refractivity contribution is -0.116. The van der Waals surface area contributed by atoms with E-state index in [0.29, 0.717) is 18.1 Å². The number of para-hydroxylation sites is 1. The zero-order valence-electron chi connectivity index (χ0n) is 14.5. The Kier molecular flexibility index (Phi) is 4.54. The van der Waals surface area contributed by atoms with Gasteiger partial charge in [0.25, 0.3) is 0 Å². The van der Waals surface area contributed by atoms with E-state index < -0.39 is 0 Å². The van der Waals surface area contributed by atoms with Crippen molar-refractivity contribution in [2.45, 2.75) is 19.9 Å². The van der Waals surface area contributed by atoms with Gasteiger partial charge in [-0.1, -0.05) is 48.0 Å². The van der Waals surface area contributed by atoms with E-state index in [2.05, 4.69) is 52.1 Å². The molecule has 4 rings (SSSR count). The normalized spacial score (nSPS) is 11.0. The molecule has 5 heteroatoms. The van der Waals surface area contributed by atoms with Crippen LogP contribution in [0.5, 0.6) is 0 Å². The molecule has 0 atom stereocenters. The highest BCUT2D eigenvalue weighted by Crippen LogP contribution is 2.25. The van der Waals surface area contributed by atoms with Gasteiger partial charge in [-0.2, -0.15) is 0 Å². The predicted octanol–water partition coefficient (Wildman–Crippen LogP) is 5.10. The Labute approximate surface area is 156 Å². The minimum absolute atomic E-state index is 0.0208. The Morgan fingerprint density at radius 3 is 2.77 bits per heavy atom. The van der Waals surface area contributed by atoms with Crippen LogP contribution in [-0.4, -0.2) is 15.5 Å². The third kappa shape index (κ3) is 3.53. The van der Waals surface area contributed by atoms with Crippen LogP contribution < -0.4 is 5.32 Å². The summed E-state index contributed by atoms with van der Waals surface area (Å²) in [6.45, 7) is 2.71. The zero-order chi connectivity index (χ0) is 17.9. The van der Waals surface area contributed by atoms with Gasteiger partial charge in [0.1, 0.15) is 0 Å². The van der Waals surface area contributed by atoms with Crippen LogP contribution in [0.1, 0.15) is 12.0 Å². The van der Waals surface area contributed by atoms with Crippen LogP contribution in [0.15, 0.2) is 66.2 Å². The van der Waals surface area contributed by atoms with E-state index in [1.54, 1.807) is 0 Å². The van der Waals surface area contributed by atoms with E-state index in [1.807, 2.05) is 35.8 Å². The van der Waals surface area contributed by atoms with Crippen molar-refractivity contribution in [1.82, 2.24) is 9.55 Å². The number of hydrogen-bond donors (Lipinski definition) is 1. The third-order valence-electron chi connectivity index (χ3n) is 4.36. The molecule has 0 aliphatic rings. The van der Waals surface area contributed by atoms with Crippen molar-refractivity contribution in [3.8, 4) is 11.3 Å². The van der Waals surface area contributed by atoms with Crippen LogP contribution in [-0.2, 0) is 11.3 Å². The summed E-state index contributed by atoms with van der Waals surface area (Å²) in [5.74, 6) is -0.0208. The van der Waals surface area contributed by atoms with E-state index in [-0.39, 0.29) is 5.91 Å². The van der Waals surface area contributed by atoms with E-state index in [1.165, 1.54) is 22.3 Å². The molecule has 2 aromatic carbocycles. The minimum atomic E-state index is -0.0208. The van der Waals surface area contributed by atoms with Crippen LogP contribution in [0.4, 0.5) is 5.13 Å². The monoisotopic (exact) mass is 361 g/mol. The number of rotatable bonds is 5. The fourth-order valence-corrected chi connectivity index (χ4v) is 3.66. The molecule has 1 amide bonds. The number of nitrogens with zero attached hydrogens (tertiary/aromatic N) is 2. The first kappa shape index (κ1) is 16.5. The number of amides is 1. The molecule has 4 nitrogen and oxygen atoms in total. The Morgan fingerprint density at radius 2 is 1.92 bits per heavy atom. The summed E-state index contributed by atoms with van der Waals surface area (Å²) in [7, 11) is 0. The molecule has 26 heavy (non-hydrogen) atoms. The molecular formula is C21H19N3OS. The fraction of sp³-hybridized carbons (Fsp3) is 0.143. The van der Waals surface area contributed by atoms with Gasteiger partial charge in [0.15, 0.2) is 5.13 Å².